The number of pyridine rings is 1. The summed E-state index contributed by atoms with van der Waals surface area (Å²) in [6, 6.07) is 10.6. The molecule has 1 saturated carbocycles. The number of nitrogens with zero attached hydrogens (tertiary/aromatic N) is 1. The SMILES string of the molecule is CC1CCC(NC2CCc3c(Oc4ccc(C(N)=O)cn4)cccc32)CC1. The van der Waals surface area contributed by atoms with Gasteiger partial charge >= 0.3 is 0 Å². The van der Waals surface area contributed by atoms with Crippen molar-refractivity contribution >= 4 is 5.91 Å². The normalized spacial score (nSPS) is 24.4. The molecule has 1 heterocycles. The molecule has 2 aromatic rings. The summed E-state index contributed by atoms with van der Waals surface area (Å²) in [5, 5.41) is 3.88. The van der Waals surface area contributed by atoms with E-state index in [4.69, 9.17) is 10.5 Å². The van der Waals surface area contributed by atoms with Crippen molar-refractivity contribution in [2.75, 3.05) is 0 Å². The average Bonchev–Trinajstić information content (AvgIpc) is 3.08. The maximum Gasteiger partial charge on any atom is 0.250 e. The smallest absolute Gasteiger partial charge is 0.250 e. The summed E-state index contributed by atoms with van der Waals surface area (Å²) in [5.41, 5.74) is 8.26. The Bertz CT molecular complexity index is 811. The van der Waals surface area contributed by atoms with Crippen LogP contribution in [0.15, 0.2) is 36.5 Å². The summed E-state index contributed by atoms with van der Waals surface area (Å²) in [5.74, 6) is 1.72. The third kappa shape index (κ3) is 3.98. The molecule has 4 rings (SSSR count). The Balaban J connectivity index is 1.47. The molecule has 1 amide bonds. The number of hydrogen-bond acceptors (Lipinski definition) is 4. The molecule has 1 fully saturated rings. The highest BCUT2D eigenvalue weighted by molar-refractivity contribution is 5.92. The highest BCUT2D eigenvalue weighted by atomic mass is 16.5. The van der Waals surface area contributed by atoms with Gasteiger partial charge in [0.15, 0.2) is 0 Å². The van der Waals surface area contributed by atoms with Crippen molar-refractivity contribution in [2.24, 2.45) is 11.7 Å². The van der Waals surface area contributed by atoms with E-state index in [9.17, 15) is 4.79 Å². The van der Waals surface area contributed by atoms with E-state index >= 15 is 0 Å². The minimum atomic E-state index is -0.485. The van der Waals surface area contributed by atoms with E-state index in [2.05, 4.69) is 29.4 Å². The van der Waals surface area contributed by atoms with E-state index in [0.717, 1.165) is 24.5 Å². The van der Waals surface area contributed by atoms with Crippen LogP contribution < -0.4 is 15.8 Å². The van der Waals surface area contributed by atoms with Crippen LogP contribution in [-0.4, -0.2) is 16.9 Å². The van der Waals surface area contributed by atoms with E-state index in [1.807, 2.05) is 6.07 Å². The average molecular weight is 365 g/mol. The number of aromatic nitrogens is 1. The van der Waals surface area contributed by atoms with Gasteiger partial charge in [0, 0.05) is 24.3 Å². The predicted molar refractivity (Wildman–Crippen MR) is 105 cm³/mol. The van der Waals surface area contributed by atoms with Gasteiger partial charge in [0.05, 0.1) is 5.56 Å². The van der Waals surface area contributed by atoms with Crippen LogP contribution in [0.1, 0.15) is 66.6 Å². The Labute approximate surface area is 160 Å². The molecule has 3 N–H and O–H groups in total. The Hall–Kier alpha value is -2.40. The quantitative estimate of drug-likeness (QED) is 0.835. The fraction of sp³-hybridized carbons (Fsp3) is 0.455. The number of nitrogens with two attached hydrogens (primary N) is 1. The summed E-state index contributed by atoms with van der Waals surface area (Å²) in [6.45, 7) is 2.36. The molecule has 2 aliphatic rings. The fourth-order valence-electron chi connectivity index (χ4n) is 4.30. The maximum atomic E-state index is 11.2. The zero-order valence-corrected chi connectivity index (χ0v) is 15.8. The third-order valence-corrected chi connectivity index (χ3v) is 5.92. The summed E-state index contributed by atoms with van der Waals surface area (Å²) < 4.78 is 6.02. The summed E-state index contributed by atoms with van der Waals surface area (Å²) >= 11 is 0. The second kappa shape index (κ2) is 7.69. The molecule has 1 aromatic heterocycles. The van der Waals surface area contributed by atoms with Gasteiger partial charge in [0.2, 0.25) is 11.8 Å². The van der Waals surface area contributed by atoms with Crippen LogP contribution in [0.25, 0.3) is 0 Å². The molecule has 0 radical (unpaired) electrons. The second-order valence-corrected chi connectivity index (χ2v) is 7.89. The first-order valence-electron chi connectivity index (χ1n) is 9.91. The Morgan fingerprint density at radius 1 is 1.15 bits per heavy atom. The van der Waals surface area contributed by atoms with Gasteiger partial charge in [0.25, 0.3) is 0 Å². The number of benzene rings is 1. The predicted octanol–water partition coefficient (Wildman–Crippen LogP) is 4.13. The highest BCUT2D eigenvalue weighted by Crippen LogP contribution is 2.39. The number of rotatable bonds is 5. The van der Waals surface area contributed by atoms with Crippen LogP contribution in [0.5, 0.6) is 11.6 Å². The van der Waals surface area contributed by atoms with Crippen LogP contribution in [0, 0.1) is 5.92 Å². The van der Waals surface area contributed by atoms with Crippen LogP contribution in [0.4, 0.5) is 0 Å². The first-order valence-corrected chi connectivity index (χ1v) is 9.91. The van der Waals surface area contributed by atoms with Crippen molar-refractivity contribution in [2.45, 2.75) is 57.5 Å². The summed E-state index contributed by atoms with van der Waals surface area (Å²) in [6.07, 6.45) is 8.77. The van der Waals surface area contributed by atoms with Crippen LogP contribution in [0.3, 0.4) is 0 Å². The molecule has 5 heteroatoms. The third-order valence-electron chi connectivity index (χ3n) is 5.92. The lowest BCUT2D eigenvalue weighted by Crippen LogP contribution is -2.34. The van der Waals surface area contributed by atoms with E-state index in [1.54, 1.807) is 12.1 Å². The molecule has 1 atom stereocenters. The van der Waals surface area contributed by atoms with E-state index in [1.165, 1.54) is 43.0 Å². The fourth-order valence-corrected chi connectivity index (χ4v) is 4.30. The van der Waals surface area contributed by atoms with E-state index < -0.39 is 5.91 Å². The molecule has 0 bridgehead atoms. The summed E-state index contributed by atoms with van der Waals surface area (Å²) in [4.78, 5) is 15.4. The Morgan fingerprint density at radius 3 is 2.67 bits per heavy atom. The van der Waals surface area contributed by atoms with Gasteiger partial charge in [-0.05, 0) is 67.7 Å². The minimum Gasteiger partial charge on any atom is -0.439 e. The highest BCUT2D eigenvalue weighted by Gasteiger charge is 2.28. The molecular weight excluding hydrogens is 338 g/mol. The zero-order valence-electron chi connectivity index (χ0n) is 15.8. The molecule has 142 valence electrons. The van der Waals surface area contributed by atoms with Crippen LogP contribution in [-0.2, 0) is 6.42 Å². The zero-order chi connectivity index (χ0) is 18.8. The lowest BCUT2D eigenvalue weighted by Gasteiger charge is -2.30. The molecule has 1 aromatic carbocycles. The molecule has 2 aliphatic carbocycles. The largest absolute Gasteiger partial charge is 0.439 e. The van der Waals surface area contributed by atoms with Crippen LogP contribution >= 0.6 is 0 Å². The Kier molecular flexibility index (Phi) is 5.12. The van der Waals surface area contributed by atoms with Gasteiger partial charge in [-0.1, -0.05) is 19.1 Å². The number of ether oxygens (including phenoxy) is 1. The van der Waals surface area contributed by atoms with Crippen molar-refractivity contribution in [1.29, 1.82) is 0 Å². The van der Waals surface area contributed by atoms with E-state index in [-0.39, 0.29) is 0 Å². The topological polar surface area (TPSA) is 77.2 Å². The van der Waals surface area contributed by atoms with Crippen molar-refractivity contribution in [3.05, 3.63) is 53.2 Å². The van der Waals surface area contributed by atoms with Crippen molar-refractivity contribution in [1.82, 2.24) is 10.3 Å². The number of hydrogen-bond donors (Lipinski definition) is 2. The first-order chi connectivity index (χ1) is 13.1. The second-order valence-electron chi connectivity index (χ2n) is 7.89. The lowest BCUT2D eigenvalue weighted by molar-refractivity contribution is 0.1000. The molecule has 1 unspecified atom stereocenters. The summed E-state index contributed by atoms with van der Waals surface area (Å²) in [7, 11) is 0. The first kappa shape index (κ1) is 18.0. The van der Waals surface area contributed by atoms with E-state index in [0.29, 0.717) is 23.5 Å². The van der Waals surface area contributed by atoms with Gasteiger partial charge in [-0.2, -0.15) is 0 Å². The number of fused-ring (bicyclic) bond motifs is 1. The minimum absolute atomic E-state index is 0.381. The molecular formula is C22H27N3O2. The van der Waals surface area contributed by atoms with Gasteiger partial charge in [0.1, 0.15) is 5.75 Å². The molecule has 0 aliphatic heterocycles. The molecule has 5 nitrogen and oxygen atoms in total. The van der Waals surface area contributed by atoms with Crippen LogP contribution in [0.2, 0.25) is 0 Å². The van der Waals surface area contributed by atoms with Gasteiger partial charge in [-0.25, -0.2) is 4.98 Å². The standard InChI is InChI=1S/C22H27N3O2/c1-14-5-8-16(9-6-14)25-19-11-10-18-17(19)3-2-4-20(18)27-21-12-7-15(13-24-21)22(23)26/h2-4,7,12-14,16,19,25H,5-6,8-11H2,1H3,(H2,23,26). The van der Waals surface area contributed by atoms with Crippen molar-refractivity contribution < 1.29 is 9.53 Å². The maximum absolute atomic E-state index is 11.2. The van der Waals surface area contributed by atoms with Crippen molar-refractivity contribution in [3.63, 3.8) is 0 Å². The number of amides is 1. The number of primary amides is 1. The van der Waals surface area contributed by atoms with Gasteiger partial charge in [-0.15, -0.1) is 0 Å². The number of carbonyl (C=O) groups is 1. The lowest BCUT2D eigenvalue weighted by atomic mass is 9.87. The van der Waals surface area contributed by atoms with Gasteiger partial charge < -0.3 is 15.8 Å². The molecule has 27 heavy (non-hydrogen) atoms. The number of nitrogens with one attached hydrogen (secondary N) is 1. The monoisotopic (exact) mass is 365 g/mol. The van der Waals surface area contributed by atoms with Gasteiger partial charge in [-0.3, -0.25) is 4.79 Å². The molecule has 0 spiro atoms. The molecule has 0 saturated heterocycles. The Morgan fingerprint density at radius 2 is 1.96 bits per heavy atom. The number of carbonyl (C=O) groups excluding carboxylic acids is 1. The van der Waals surface area contributed by atoms with Crippen molar-refractivity contribution in [3.8, 4) is 11.6 Å².